The zero-order chi connectivity index (χ0) is 20.9. The van der Waals surface area contributed by atoms with Crippen LogP contribution in [0.1, 0.15) is 31.7 Å². The number of halogens is 1. The Kier molecular flexibility index (Phi) is 4.55. The summed E-state index contributed by atoms with van der Waals surface area (Å²) in [5, 5.41) is 12.2. The zero-order valence-electron chi connectivity index (χ0n) is 16.6. The summed E-state index contributed by atoms with van der Waals surface area (Å²) in [5.74, 6) is 1.53. The lowest BCUT2D eigenvalue weighted by molar-refractivity contribution is -0.120. The van der Waals surface area contributed by atoms with Crippen LogP contribution in [0.2, 0.25) is 12.6 Å². The third-order valence-corrected chi connectivity index (χ3v) is 6.80. The lowest BCUT2D eigenvalue weighted by Gasteiger charge is -2.33. The van der Waals surface area contributed by atoms with E-state index in [-0.39, 0.29) is 42.9 Å². The van der Waals surface area contributed by atoms with Crippen molar-refractivity contribution in [1.29, 1.82) is 5.26 Å². The number of ether oxygens (including phenoxy) is 1. The minimum absolute atomic E-state index is 0.113. The predicted molar refractivity (Wildman–Crippen MR) is 110 cm³/mol. The molecule has 3 saturated heterocycles. The normalized spacial score (nSPS) is 23.8. The van der Waals surface area contributed by atoms with Crippen LogP contribution in [0.25, 0.3) is 10.9 Å². The van der Waals surface area contributed by atoms with Crippen LogP contribution in [0.15, 0.2) is 24.4 Å². The molecular weight excluding hydrogens is 386 g/mol. The Morgan fingerprint density at radius 1 is 1.30 bits per heavy atom. The van der Waals surface area contributed by atoms with Crippen molar-refractivity contribution in [2.24, 2.45) is 0 Å². The molecule has 2 aromatic rings. The number of amides is 3. The second kappa shape index (κ2) is 7.13. The Morgan fingerprint density at radius 3 is 2.83 bits per heavy atom. The van der Waals surface area contributed by atoms with E-state index in [2.05, 4.69) is 15.9 Å². The van der Waals surface area contributed by atoms with Crippen molar-refractivity contribution >= 4 is 35.2 Å². The molecule has 0 bridgehead atoms. The Balaban J connectivity index is 1.40. The van der Waals surface area contributed by atoms with Gasteiger partial charge < -0.3 is 9.30 Å². The van der Waals surface area contributed by atoms with Gasteiger partial charge in [0.05, 0.1) is 29.5 Å². The molecule has 1 spiro atoms. The van der Waals surface area contributed by atoms with Crippen molar-refractivity contribution in [2.75, 3.05) is 18.1 Å². The van der Waals surface area contributed by atoms with E-state index in [4.69, 9.17) is 10.00 Å². The highest BCUT2D eigenvalue weighted by Gasteiger charge is 2.44. The first-order chi connectivity index (χ1) is 14.5. The number of rotatable bonds is 2. The summed E-state index contributed by atoms with van der Waals surface area (Å²) < 4.78 is 23.2. The first-order valence-electron chi connectivity index (χ1n) is 10.4. The molecule has 1 aromatic heterocycles. The monoisotopic (exact) mass is 408 g/mol. The van der Waals surface area contributed by atoms with Crippen molar-refractivity contribution in [3.63, 3.8) is 0 Å². The lowest BCUT2D eigenvalue weighted by atomic mass is 9.41. The van der Waals surface area contributed by atoms with Gasteiger partial charge in [-0.2, -0.15) is 0 Å². The Morgan fingerprint density at radius 2 is 2.10 bits per heavy atom. The van der Waals surface area contributed by atoms with E-state index in [0.717, 1.165) is 42.8 Å². The maximum Gasteiger partial charge on any atom is 0.328 e. The molecule has 1 N–H and O–H groups in total. The van der Waals surface area contributed by atoms with Gasteiger partial charge in [-0.15, -0.1) is 0 Å². The number of anilines is 1. The number of imide groups is 1. The van der Waals surface area contributed by atoms with E-state index in [1.807, 2.05) is 12.3 Å². The summed E-state index contributed by atoms with van der Waals surface area (Å²) in [4.78, 5) is 24.8. The van der Waals surface area contributed by atoms with Crippen molar-refractivity contribution in [1.82, 2.24) is 9.88 Å². The molecule has 0 aliphatic carbocycles. The molecule has 3 aliphatic rings. The highest BCUT2D eigenvalue weighted by molar-refractivity contribution is 6.67. The summed E-state index contributed by atoms with van der Waals surface area (Å²) in [6.07, 6.45) is 6.47. The number of aromatic nitrogens is 1. The molecule has 3 aliphatic heterocycles. The number of urea groups is 1. The third kappa shape index (κ3) is 3.16. The molecule has 4 heterocycles. The zero-order valence-corrected chi connectivity index (χ0v) is 16.6. The molecule has 30 heavy (non-hydrogen) atoms. The van der Waals surface area contributed by atoms with Gasteiger partial charge in [-0.1, -0.05) is 12.6 Å². The van der Waals surface area contributed by atoms with Gasteiger partial charge in [0.25, 0.3) is 6.71 Å². The number of fused-ring (bicyclic) bond motifs is 1. The molecule has 9 heteroatoms. The second-order valence-corrected chi connectivity index (χ2v) is 8.60. The molecule has 0 radical (unpaired) electrons. The number of hydrogen-bond acceptors (Lipinski definition) is 4. The standard InChI is InChI=1S/C21H22BFN4O3/c23-16-10-17-14(9-18(16)27-8-2-19(28)25-20(27)29)1-7-26(17)15-11-21(30-12-15)3-5-22(13-24)6-4-21/h1,7,9-10,15H,2-6,8,11-12H2,(H,25,28,29). The van der Waals surface area contributed by atoms with Crippen molar-refractivity contribution in [3.8, 4) is 5.97 Å². The van der Waals surface area contributed by atoms with E-state index in [9.17, 15) is 14.0 Å². The predicted octanol–water partition coefficient (Wildman–Crippen LogP) is 3.28. The van der Waals surface area contributed by atoms with Crippen molar-refractivity contribution in [3.05, 3.63) is 30.2 Å². The van der Waals surface area contributed by atoms with E-state index >= 15 is 0 Å². The fourth-order valence-electron chi connectivity index (χ4n) is 5.11. The minimum atomic E-state index is -0.594. The van der Waals surface area contributed by atoms with Crippen LogP contribution < -0.4 is 10.2 Å². The van der Waals surface area contributed by atoms with E-state index in [0.29, 0.717) is 6.61 Å². The average molecular weight is 408 g/mol. The first-order valence-corrected chi connectivity index (χ1v) is 10.4. The quantitative estimate of drug-likeness (QED) is 0.773. The molecule has 1 atom stereocenters. The molecular formula is C21H22BFN4O3. The fraction of sp³-hybridized carbons (Fsp3) is 0.476. The number of benzene rings is 1. The average Bonchev–Trinajstić information content (AvgIpc) is 3.32. The molecule has 7 nitrogen and oxygen atoms in total. The Bertz CT molecular complexity index is 1070. The lowest BCUT2D eigenvalue weighted by Crippen LogP contribution is -2.49. The van der Waals surface area contributed by atoms with Crippen LogP contribution >= 0.6 is 0 Å². The highest BCUT2D eigenvalue weighted by atomic mass is 19.1. The van der Waals surface area contributed by atoms with Gasteiger partial charge in [0.1, 0.15) is 5.82 Å². The highest BCUT2D eigenvalue weighted by Crippen LogP contribution is 2.44. The van der Waals surface area contributed by atoms with E-state index < -0.39 is 11.8 Å². The van der Waals surface area contributed by atoms with Gasteiger partial charge in [-0.05, 0) is 31.4 Å². The summed E-state index contributed by atoms with van der Waals surface area (Å²) >= 11 is 0. The van der Waals surface area contributed by atoms with Crippen LogP contribution in [-0.4, -0.2) is 42.0 Å². The van der Waals surface area contributed by atoms with Crippen LogP contribution in [0, 0.1) is 17.0 Å². The SMILES string of the molecule is N#CB1CCC2(CC1)CC(n1ccc3cc(N4CCC(=O)NC4=O)c(F)cc31)CO2. The molecule has 3 amide bonds. The first kappa shape index (κ1) is 19.1. The number of hydrogen-bond donors (Lipinski definition) is 1. The van der Waals surface area contributed by atoms with Gasteiger partial charge in [0, 0.05) is 36.6 Å². The van der Waals surface area contributed by atoms with Gasteiger partial charge in [0.15, 0.2) is 0 Å². The smallest absolute Gasteiger partial charge is 0.328 e. The van der Waals surface area contributed by atoms with E-state index in [1.54, 1.807) is 6.07 Å². The van der Waals surface area contributed by atoms with E-state index in [1.165, 1.54) is 11.0 Å². The number of nitrogens with one attached hydrogen (secondary N) is 1. The minimum Gasteiger partial charge on any atom is -0.373 e. The number of nitriles is 1. The summed E-state index contributed by atoms with van der Waals surface area (Å²) in [7, 11) is 0. The van der Waals surface area contributed by atoms with Crippen LogP contribution in [0.3, 0.4) is 0 Å². The molecule has 1 unspecified atom stereocenters. The molecule has 154 valence electrons. The number of nitrogens with zero attached hydrogens (tertiary/aromatic N) is 3. The molecule has 5 rings (SSSR count). The molecule has 0 saturated carbocycles. The van der Waals surface area contributed by atoms with Gasteiger partial charge in [-0.3, -0.25) is 15.0 Å². The van der Waals surface area contributed by atoms with Crippen LogP contribution in [0.4, 0.5) is 14.9 Å². The van der Waals surface area contributed by atoms with Crippen LogP contribution in [-0.2, 0) is 9.53 Å². The summed E-state index contributed by atoms with van der Waals surface area (Å²) in [5.41, 5.74) is 0.770. The molecule has 1 aromatic carbocycles. The Labute approximate surface area is 173 Å². The van der Waals surface area contributed by atoms with Gasteiger partial charge in [-0.25, -0.2) is 14.4 Å². The van der Waals surface area contributed by atoms with Gasteiger partial charge in [0.2, 0.25) is 5.91 Å². The maximum absolute atomic E-state index is 15.0. The number of carbonyl (C=O) groups is 2. The third-order valence-electron chi connectivity index (χ3n) is 6.80. The summed E-state index contributed by atoms with van der Waals surface area (Å²) in [6.45, 7) is 0.859. The Hall–Kier alpha value is -2.86. The van der Waals surface area contributed by atoms with Crippen molar-refractivity contribution in [2.45, 2.75) is 50.0 Å². The van der Waals surface area contributed by atoms with Crippen LogP contribution in [0.5, 0.6) is 0 Å². The second-order valence-electron chi connectivity index (χ2n) is 8.60. The largest absolute Gasteiger partial charge is 0.373 e. The summed E-state index contributed by atoms with van der Waals surface area (Å²) in [6, 6.07) is 4.57. The molecule has 3 fully saturated rings. The topological polar surface area (TPSA) is 87.4 Å². The van der Waals surface area contributed by atoms with Gasteiger partial charge >= 0.3 is 6.03 Å². The van der Waals surface area contributed by atoms with Crippen molar-refractivity contribution < 1.29 is 18.7 Å². The fourth-order valence-corrected chi connectivity index (χ4v) is 5.11. The number of carbonyl (C=O) groups excluding carboxylic acids is 2. The maximum atomic E-state index is 15.0.